The standard InChI is InChI=1S/C18H26N2O2/c21-18(20-10-7-14-4-3-9-19-13-14)12-17-16-6-2-1-5-15(16)8-11-22-17/h1-2,5-6,14,17,19H,3-4,7-13H2,(H,20,21). The molecule has 2 heterocycles. The average molecular weight is 302 g/mol. The van der Waals surface area contributed by atoms with E-state index >= 15 is 0 Å². The van der Waals surface area contributed by atoms with Crippen molar-refractivity contribution in [2.45, 2.75) is 38.2 Å². The number of rotatable bonds is 5. The molecule has 22 heavy (non-hydrogen) atoms. The van der Waals surface area contributed by atoms with E-state index in [-0.39, 0.29) is 12.0 Å². The Balaban J connectivity index is 1.44. The Morgan fingerprint density at radius 2 is 2.27 bits per heavy atom. The van der Waals surface area contributed by atoms with Crippen molar-refractivity contribution in [2.75, 3.05) is 26.2 Å². The summed E-state index contributed by atoms with van der Waals surface area (Å²) in [4.78, 5) is 12.2. The summed E-state index contributed by atoms with van der Waals surface area (Å²) < 4.78 is 5.80. The minimum absolute atomic E-state index is 0.0821. The third-order valence-corrected chi connectivity index (χ3v) is 4.74. The van der Waals surface area contributed by atoms with Crippen LogP contribution in [-0.4, -0.2) is 32.1 Å². The molecule has 4 heteroatoms. The van der Waals surface area contributed by atoms with Crippen LogP contribution in [-0.2, 0) is 16.0 Å². The first-order valence-electron chi connectivity index (χ1n) is 8.50. The molecule has 0 saturated carbocycles. The highest BCUT2D eigenvalue weighted by atomic mass is 16.5. The Bertz CT molecular complexity index is 498. The lowest BCUT2D eigenvalue weighted by Crippen LogP contribution is -2.33. The van der Waals surface area contributed by atoms with Crippen molar-refractivity contribution >= 4 is 5.91 Å². The summed E-state index contributed by atoms with van der Waals surface area (Å²) in [6.45, 7) is 3.72. The van der Waals surface area contributed by atoms with Gasteiger partial charge < -0.3 is 15.4 Å². The number of nitrogens with one attached hydrogen (secondary N) is 2. The summed E-state index contributed by atoms with van der Waals surface area (Å²) in [6.07, 6.45) is 4.90. The molecule has 0 spiro atoms. The zero-order valence-corrected chi connectivity index (χ0v) is 13.1. The zero-order valence-electron chi connectivity index (χ0n) is 13.1. The van der Waals surface area contributed by atoms with Gasteiger partial charge in [0.1, 0.15) is 0 Å². The van der Waals surface area contributed by atoms with Gasteiger partial charge in [0.05, 0.1) is 19.1 Å². The topological polar surface area (TPSA) is 50.4 Å². The highest BCUT2D eigenvalue weighted by Gasteiger charge is 2.23. The molecule has 0 radical (unpaired) electrons. The molecule has 0 aromatic heterocycles. The minimum atomic E-state index is -0.0821. The first-order chi connectivity index (χ1) is 10.8. The zero-order chi connectivity index (χ0) is 15.2. The third-order valence-electron chi connectivity index (χ3n) is 4.74. The molecule has 0 bridgehead atoms. The fourth-order valence-corrected chi connectivity index (χ4v) is 3.47. The van der Waals surface area contributed by atoms with Crippen LogP contribution >= 0.6 is 0 Å². The molecule has 120 valence electrons. The second kappa shape index (κ2) is 7.75. The van der Waals surface area contributed by atoms with E-state index < -0.39 is 0 Å². The van der Waals surface area contributed by atoms with Crippen molar-refractivity contribution in [3.05, 3.63) is 35.4 Å². The normalized spacial score (nSPS) is 24.5. The van der Waals surface area contributed by atoms with Gasteiger partial charge in [0.25, 0.3) is 0 Å². The van der Waals surface area contributed by atoms with Gasteiger partial charge in [-0.2, -0.15) is 0 Å². The maximum atomic E-state index is 12.2. The lowest BCUT2D eigenvalue weighted by molar-refractivity contribution is -0.124. The Hall–Kier alpha value is -1.39. The van der Waals surface area contributed by atoms with Crippen LogP contribution in [0.2, 0.25) is 0 Å². The number of amides is 1. The molecule has 3 rings (SSSR count). The number of ether oxygens (including phenoxy) is 1. The Kier molecular flexibility index (Phi) is 5.46. The lowest BCUT2D eigenvalue weighted by atomic mass is 9.95. The first kappa shape index (κ1) is 15.5. The summed E-state index contributed by atoms with van der Waals surface area (Å²) in [5, 5.41) is 6.48. The van der Waals surface area contributed by atoms with Gasteiger partial charge in [0, 0.05) is 6.54 Å². The van der Waals surface area contributed by atoms with Gasteiger partial charge in [-0.25, -0.2) is 0 Å². The number of carbonyl (C=O) groups excluding carboxylic acids is 1. The van der Waals surface area contributed by atoms with Crippen molar-refractivity contribution in [1.82, 2.24) is 10.6 Å². The van der Waals surface area contributed by atoms with Gasteiger partial charge in [-0.3, -0.25) is 4.79 Å². The van der Waals surface area contributed by atoms with Gasteiger partial charge in [-0.05, 0) is 55.8 Å². The van der Waals surface area contributed by atoms with Crippen molar-refractivity contribution in [3.63, 3.8) is 0 Å². The van der Waals surface area contributed by atoms with E-state index in [0.29, 0.717) is 18.9 Å². The molecule has 1 aromatic carbocycles. The molecule has 0 aliphatic carbocycles. The lowest BCUT2D eigenvalue weighted by Gasteiger charge is -2.26. The number of benzene rings is 1. The van der Waals surface area contributed by atoms with Crippen LogP contribution in [0.1, 0.15) is 42.9 Å². The van der Waals surface area contributed by atoms with Crippen LogP contribution in [0.25, 0.3) is 0 Å². The van der Waals surface area contributed by atoms with E-state index in [9.17, 15) is 4.79 Å². The van der Waals surface area contributed by atoms with Crippen LogP contribution in [0.15, 0.2) is 24.3 Å². The van der Waals surface area contributed by atoms with E-state index in [4.69, 9.17) is 4.74 Å². The molecule has 1 fully saturated rings. The minimum Gasteiger partial charge on any atom is -0.373 e. The molecule has 4 nitrogen and oxygen atoms in total. The second-order valence-electron chi connectivity index (χ2n) is 6.36. The van der Waals surface area contributed by atoms with E-state index in [1.54, 1.807) is 0 Å². The third kappa shape index (κ3) is 4.08. The van der Waals surface area contributed by atoms with Crippen LogP contribution in [0.5, 0.6) is 0 Å². The fraction of sp³-hybridized carbons (Fsp3) is 0.611. The monoisotopic (exact) mass is 302 g/mol. The predicted octanol–water partition coefficient (Wildman–Crippen LogP) is 2.20. The van der Waals surface area contributed by atoms with Gasteiger partial charge in [0.15, 0.2) is 0 Å². The Morgan fingerprint density at radius 1 is 1.36 bits per heavy atom. The Morgan fingerprint density at radius 3 is 3.14 bits per heavy atom. The maximum Gasteiger partial charge on any atom is 0.222 e. The molecular weight excluding hydrogens is 276 g/mol. The van der Waals surface area contributed by atoms with Crippen LogP contribution in [0.4, 0.5) is 0 Å². The number of piperidine rings is 1. The van der Waals surface area contributed by atoms with Crippen LogP contribution < -0.4 is 10.6 Å². The molecule has 2 aliphatic rings. The second-order valence-corrected chi connectivity index (χ2v) is 6.36. The maximum absolute atomic E-state index is 12.2. The van der Waals surface area contributed by atoms with E-state index in [2.05, 4.69) is 28.8 Å². The largest absolute Gasteiger partial charge is 0.373 e. The van der Waals surface area contributed by atoms with Crippen molar-refractivity contribution in [1.29, 1.82) is 0 Å². The summed E-state index contributed by atoms with van der Waals surface area (Å²) in [5.74, 6) is 0.811. The molecule has 2 atom stereocenters. The fourth-order valence-electron chi connectivity index (χ4n) is 3.47. The summed E-state index contributed by atoms with van der Waals surface area (Å²) in [7, 11) is 0. The smallest absolute Gasteiger partial charge is 0.222 e. The number of fused-ring (bicyclic) bond motifs is 1. The summed E-state index contributed by atoms with van der Waals surface area (Å²) in [6, 6.07) is 8.30. The SMILES string of the molecule is O=C(CC1OCCc2ccccc21)NCCC1CCCNC1. The van der Waals surface area contributed by atoms with Crippen LogP contribution in [0.3, 0.4) is 0 Å². The van der Waals surface area contributed by atoms with Crippen molar-refractivity contribution < 1.29 is 9.53 Å². The van der Waals surface area contributed by atoms with Crippen molar-refractivity contribution in [2.24, 2.45) is 5.92 Å². The quantitative estimate of drug-likeness (QED) is 0.876. The summed E-state index contributed by atoms with van der Waals surface area (Å²) in [5.41, 5.74) is 2.50. The molecule has 2 aliphatic heterocycles. The van der Waals surface area contributed by atoms with Crippen LogP contribution in [0, 0.1) is 5.92 Å². The highest BCUT2D eigenvalue weighted by Crippen LogP contribution is 2.29. The summed E-state index contributed by atoms with van der Waals surface area (Å²) >= 11 is 0. The van der Waals surface area contributed by atoms with Gasteiger partial charge in [-0.15, -0.1) is 0 Å². The van der Waals surface area contributed by atoms with E-state index in [1.807, 2.05) is 6.07 Å². The highest BCUT2D eigenvalue weighted by molar-refractivity contribution is 5.76. The number of carbonyl (C=O) groups is 1. The van der Waals surface area contributed by atoms with E-state index in [1.165, 1.54) is 24.0 Å². The average Bonchev–Trinajstić information content (AvgIpc) is 2.56. The molecule has 1 amide bonds. The predicted molar refractivity (Wildman–Crippen MR) is 86.7 cm³/mol. The number of hydrogen-bond acceptors (Lipinski definition) is 3. The Labute approximate surface area is 132 Å². The van der Waals surface area contributed by atoms with Crippen molar-refractivity contribution in [3.8, 4) is 0 Å². The molecule has 1 saturated heterocycles. The van der Waals surface area contributed by atoms with E-state index in [0.717, 1.165) is 32.5 Å². The molecule has 2 N–H and O–H groups in total. The van der Waals surface area contributed by atoms with Gasteiger partial charge in [0.2, 0.25) is 5.91 Å². The first-order valence-corrected chi connectivity index (χ1v) is 8.50. The molecular formula is C18H26N2O2. The number of hydrogen-bond donors (Lipinski definition) is 2. The van der Waals surface area contributed by atoms with Gasteiger partial charge in [-0.1, -0.05) is 24.3 Å². The van der Waals surface area contributed by atoms with Gasteiger partial charge >= 0.3 is 0 Å². The molecule has 1 aromatic rings. The molecule has 2 unspecified atom stereocenters.